The summed E-state index contributed by atoms with van der Waals surface area (Å²) in [6, 6.07) is 0. The summed E-state index contributed by atoms with van der Waals surface area (Å²) < 4.78 is 0.774. The van der Waals surface area contributed by atoms with Crippen LogP contribution in [0.1, 0.15) is 49.8 Å². The molecule has 2 nitrogen and oxygen atoms in total. The topological polar surface area (TPSA) is 28.7 Å². The number of nitrogens with one attached hydrogen (secondary N) is 1. The highest BCUT2D eigenvalue weighted by molar-refractivity contribution is 7.71. The number of hydrogen-bond donors (Lipinski definition) is 1. The third-order valence-electron chi connectivity index (χ3n) is 2.49. The third kappa shape index (κ3) is 1.66. The molecule has 1 aliphatic rings. The molecule has 1 N–H and O–H groups in total. The van der Waals surface area contributed by atoms with Crippen LogP contribution in [0.4, 0.5) is 0 Å². The van der Waals surface area contributed by atoms with Crippen LogP contribution in [0.5, 0.6) is 0 Å². The molecule has 1 aliphatic carbocycles. The lowest BCUT2D eigenvalue weighted by Crippen LogP contribution is -2.00. The molecule has 0 spiro atoms. The summed E-state index contributed by atoms with van der Waals surface area (Å²) in [5, 5.41) is 0. The van der Waals surface area contributed by atoms with Gasteiger partial charge in [-0.05, 0) is 24.7 Å². The maximum atomic E-state index is 5.23. The Kier molecular flexibility index (Phi) is 2.20. The molecular formula is C10H14N2S. The van der Waals surface area contributed by atoms with E-state index >= 15 is 0 Å². The van der Waals surface area contributed by atoms with Crippen molar-refractivity contribution in [2.75, 3.05) is 0 Å². The van der Waals surface area contributed by atoms with E-state index in [1.165, 1.54) is 24.1 Å². The summed E-state index contributed by atoms with van der Waals surface area (Å²) in [7, 11) is 0. The van der Waals surface area contributed by atoms with Gasteiger partial charge in [0, 0.05) is 11.3 Å². The van der Waals surface area contributed by atoms with Crippen molar-refractivity contribution in [3.05, 3.63) is 22.2 Å². The molecule has 0 amide bonds. The highest BCUT2D eigenvalue weighted by atomic mass is 32.1. The molecule has 13 heavy (non-hydrogen) atoms. The summed E-state index contributed by atoms with van der Waals surface area (Å²) in [5.41, 5.74) is 2.58. The second kappa shape index (κ2) is 3.22. The Bertz CT molecular complexity index is 363. The Labute approximate surface area is 83.4 Å². The van der Waals surface area contributed by atoms with Crippen molar-refractivity contribution in [1.29, 1.82) is 0 Å². The van der Waals surface area contributed by atoms with E-state index in [1.54, 1.807) is 6.33 Å². The summed E-state index contributed by atoms with van der Waals surface area (Å²) in [4.78, 5) is 7.37. The molecule has 0 aromatic carbocycles. The van der Waals surface area contributed by atoms with Crippen LogP contribution in [0.2, 0.25) is 0 Å². The fourth-order valence-corrected chi connectivity index (χ4v) is 2.09. The van der Waals surface area contributed by atoms with E-state index in [1.807, 2.05) is 0 Å². The van der Waals surface area contributed by atoms with Gasteiger partial charge in [0.1, 0.15) is 4.64 Å². The smallest absolute Gasteiger partial charge is 0.133 e. The van der Waals surface area contributed by atoms with Gasteiger partial charge in [-0.3, -0.25) is 0 Å². The average Bonchev–Trinajstić information content (AvgIpc) is 2.85. The van der Waals surface area contributed by atoms with Crippen LogP contribution in [0.15, 0.2) is 6.33 Å². The third-order valence-corrected chi connectivity index (χ3v) is 2.81. The van der Waals surface area contributed by atoms with Crippen LogP contribution >= 0.6 is 12.2 Å². The van der Waals surface area contributed by atoms with Crippen molar-refractivity contribution in [3.63, 3.8) is 0 Å². The van der Waals surface area contributed by atoms with E-state index in [0.717, 1.165) is 10.6 Å². The molecule has 0 radical (unpaired) electrons. The first-order valence-corrected chi connectivity index (χ1v) is 5.18. The van der Waals surface area contributed by atoms with Gasteiger partial charge in [-0.25, -0.2) is 4.98 Å². The quantitative estimate of drug-likeness (QED) is 0.733. The molecule has 1 fully saturated rings. The second-order valence-electron chi connectivity index (χ2n) is 3.96. The van der Waals surface area contributed by atoms with Crippen molar-refractivity contribution >= 4 is 12.2 Å². The van der Waals surface area contributed by atoms with E-state index in [4.69, 9.17) is 12.2 Å². The Morgan fingerprint density at radius 1 is 1.54 bits per heavy atom. The van der Waals surface area contributed by atoms with Gasteiger partial charge >= 0.3 is 0 Å². The minimum Gasteiger partial charge on any atom is -0.349 e. The van der Waals surface area contributed by atoms with Crippen LogP contribution in [0.25, 0.3) is 0 Å². The molecule has 1 saturated carbocycles. The SMILES string of the molecule is CC(C)c1c(C2CC2)[nH]cnc1=S. The number of H-pyrrole nitrogens is 1. The summed E-state index contributed by atoms with van der Waals surface area (Å²) >= 11 is 5.23. The van der Waals surface area contributed by atoms with Crippen molar-refractivity contribution < 1.29 is 0 Å². The zero-order chi connectivity index (χ0) is 9.42. The monoisotopic (exact) mass is 194 g/mol. The Balaban J connectivity index is 2.53. The number of rotatable bonds is 2. The Morgan fingerprint density at radius 2 is 2.23 bits per heavy atom. The van der Waals surface area contributed by atoms with Gasteiger partial charge in [0.05, 0.1) is 6.33 Å². The lowest BCUT2D eigenvalue weighted by atomic mass is 10.0. The molecule has 0 aliphatic heterocycles. The molecule has 1 aromatic rings. The normalized spacial score (nSPS) is 16.5. The van der Waals surface area contributed by atoms with Gasteiger partial charge in [0.25, 0.3) is 0 Å². The molecule has 0 unspecified atom stereocenters. The lowest BCUT2D eigenvalue weighted by molar-refractivity contribution is 0.800. The van der Waals surface area contributed by atoms with Gasteiger partial charge < -0.3 is 4.98 Å². The van der Waals surface area contributed by atoms with E-state index in [2.05, 4.69) is 23.8 Å². The van der Waals surface area contributed by atoms with Crippen molar-refractivity contribution in [1.82, 2.24) is 9.97 Å². The molecule has 1 aromatic heterocycles. The van der Waals surface area contributed by atoms with Crippen LogP contribution < -0.4 is 0 Å². The first-order valence-electron chi connectivity index (χ1n) is 4.77. The highest BCUT2D eigenvalue weighted by Crippen LogP contribution is 2.41. The number of hydrogen-bond acceptors (Lipinski definition) is 2. The Hall–Kier alpha value is -0.700. The fraction of sp³-hybridized carbons (Fsp3) is 0.600. The lowest BCUT2D eigenvalue weighted by Gasteiger charge is -2.10. The zero-order valence-electron chi connectivity index (χ0n) is 8.00. The molecule has 70 valence electrons. The minimum absolute atomic E-state index is 0.480. The minimum atomic E-state index is 0.480. The second-order valence-corrected chi connectivity index (χ2v) is 4.35. The maximum Gasteiger partial charge on any atom is 0.133 e. The van der Waals surface area contributed by atoms with Gasteiger partial charge in [0.2, 0.25) is 0 Å². The number of aromatic amines is 1. The predicted octanol–water partition coefficient (Wildman–Crippen LogP) is 3.14. The van der Waals surface area contributed by atoms with Gasteiger partial charge in [-0.2, -0.15) is 0 Å². The van der Waals surface area contributed by atoms with E-state index in [9.17, 15) is 0 Å². The van der Waals surface area contributed by atoms with E-state index in [0.29, 0.717) is 5.92 Å². The van der Waals surface area contributed by atoms with E-state index < -0.39 is 0 Å². The molecule has 0 bridgehead atoms. The molecule has 3 heteroatoms. The first kappa shape index (κ1) is 8.88. The molecule has 1 heterocycles. The summed E-state index contributed by atoms with van der Waals surface area (Å²) in [6.07, 6.45) is 4.33. The van der Waals surface area contributed by atoms with Crippen molar-refractivity contribution in [3.8, 4) is 0 Å². The maximum absolute atomic E-state index is 5.23. The molecule has 0 saturated heterocycles. The standard InChI is InChI=1S/C10H14N2S/c1-6(2)8-9(7-3-4-7)11-5-12-10(8)13/h5-7H,3-4H2,1-2H3,(H,11,12,13). The van der Waals surface area contributed by atoms with E-state index in [-0.39, 0.29) is 0 Å². The number of nitrogens with zero attached hydrogens (tertiary/aromatic N) is 1. The first-order chi connectivity index (χ1) is 6.20. The van der Waals surface area contributed by atoms with Crippen molar-refractivity contribution in [2.24, 2.45) is 0 Å². The fourth-order valence-electron chi connectivity index (χ4n) is 1.69. The zero-order valence-corrected chi connectivity index (χ0v) is 8.82. The number of aromatic nitrogens is 2. The Morgan fingerprint density at radius 3 is 2.77 bits per heavy atom. The average molecular weight is 194 g/mol. The molecule has 0 atom stereocenters. The van der Waals surface area contributed by atoms with Crippen molar-refractivity contribution in [2.45, 2.75) is 38.5 Å². The van der Waals surface area contributed by atoms with Crippen LogP contribution in [-0.2, 0) is 0 Å². The van der Waals surface area contributed by atoms with Gasteiger partial charge in [-0.1, -0.05) is 26.1 Å². The predicted molar refractivity (Wildman–Crippen MR) is 55.5 cm³/mol. The molecular weight excluding hydrogens is 180 g/mol. The largest absolute Gasteiger partial charge is 0.349 e. The molecule has 2 rings (SSSR count). The van der Waals surface area contributed by atoms with Gasteiger partial charge in [0.15, 0.2) is 0 Å². The highest BCUT2D eigenvalue weighted by Gasteiger charge is 2.28. The van der Waals surface area contributed by atoms with Crippen LogP contribution in [0, 0.1) is 4.64 Å². The van der Waals surface area contributed by atoms with Crippen LogP contribution in [0.3, 0.4) is 0 Å². The van der Waals surface area contributed by atoms with Crippen LogP contribution in [-0.4, -0.2) is 9.97 Å². The summed E-state index contributed by atoms with van der Waals surface area (Å²) in [5.74, 6) is 1.20. The summed E-state index contributed by atoms with van der Waals surface area (Å²) in [6.45, 7) is 4.35. The van der Waals surface area contributed by atoms with Gasteiger partial charge in [-0.15, -0.1) is 0 Å².